The van der Waals surface area contributed by atoms with Gasteiger partial charge in [0.25, 0.3) is 0 Å². The molecule has 3 nitrogen and oxygen atoms in total. The summed E-state index contributed by atoms with van der Waals surface area (Å²) in [4.78, 5) is 12.1. The van der Waals surface area contributed by atoms with Crippen LogP contribution in [0.4, 0.5) is 0 Å². The summed E-state index contributed by atoms with van der Waals surface area (Å²) in [5.41, 5.74) is 2.43. The van der Waals surface area contributed by atoms with Gasteiger partial charge in [0.15, 0.2) is 0 Å². The number of rotatable bonds is 3. The van der Waals surface area contributed by atoms with E-state index in [4.69, 9.17) is 0 Å². The molecule has 0 aromatic heterocycles. The predicted molar refractivity (Wildman–Crippen MR) is 80.6 cm³/mol. The zero-order valence-electron chi connectivity index (χ0n) is 11.6. The minimum Gasteiger partial charge on any atom is -0.349 e. The van der Waals surface area contributed by atoms with Crippen molar-refractivity contribution in [3.05, 3.63) is 35.4 Å². The SMILES string of the molecule is Cc1ccccc1C(C)NC(=O)C1CCCNC1.Cl. The molecule has 1 aliphatic rings. The van der Waals surface area contributed by atoms with E-state index in [1.165, 1.54) is 11.1 Å². The van der Waals surface area contributed by atoms with Crippen LogP contribution in [0.1, 0.15) is 36.9 Å². The van der Waals surface area contributed by atoms with E-state index in [0.29, 0.717) is 0 Å². The van der Waals surface area contributed by atoms with Crippen LogP contribution < -0.4 is 10.6 Å². The monoisotopic (exact) mass is 282 g/mol. The van der Waals surface area contributed by atoms with Crippen LogP contribution >= 0.6 is 12.4 Å². The molecule has 1 aliphatic heterocycles. The van der Waals surface area contributed by atoms with E-state index in [1.807, 2.05) is 12.1 Å². The van der Waals surface area contributed by atoms with Gasteiger partial charge in [-0.05, 0) is 44.4 Å². The highest BCUT2D eigenvalue weighted by molar-refractivity contribution is 5.85. The van der Waals surface area contributed by atoms with E-state index in [-0.39, 0.29) is 30.3 Å². The van der Waals surface area contributed by atoms with Gasteiger partial charge in [-0.3, -0.25) is 4.79 Å². The molecule has 1 amide bonds. The lowest BCUT2D eigenvalue weighted by molar-refractivity contribution is -0.126. The van der Waals surface area contributed by atoms with Crippen LogP contribution in [0.2, 0.25) is 0 Å². The Morgan fingerprint density at radius 2 is 2.16 bits per heavy atom. The molecule has 4 heteroatoms. The van der Waals surface area contributed by atoms with Crippen LogP contribution in [0.3, 0.4) is 0 Å². The normalized spacial score (nSPS) is 20.2. The number of carbonyl (C=O) groups is 1. The van der Waals surface area contributed by atoms with Gasteiger partial charge in [0.2, 0.25) is 5.91 Å². The molecule has 106 valence electrons. The number of amides is 1. The van der Waals surface area contributed by atoms with Gasteiger partial charge < -0.3 is 10.6 Å². The highest BCUT2D eigenvalue weighted by atomic mass is 35.5. The summed E-state index contributed by atoms with van der Waals surface area (Å²) in [7, 11) is 0. The number of nitrogens with one attached hydrogen (secondary N) is 2. The van der Waals surface area contributed by atoms with Gasteiger partial charge in [0.05, 0.1) is 12.0 Å². The molecule has 19 heavy (non-hydrogen) atoms. The number of hydrogen-bond donors (Lipinski definition) is 2. The van der Waals surface area contributed by atoms with Crippen molar-refractivity contribution in [3.8, 4) is 0 Å². The number of benzene rings is 1. The fourth-order valence-electron chi connectivity index (χ4n) is 2.56. The van der Waals surface area contributed by atoms with Crippen molar-refractivity contribution < 1.29 is 4.79 Å². The molecule has 2 unspecified atom stereocenters. The third-order valence-electron chi connectivity index (χ3n) is 3.68. The largest absolute Gasteiger partial charge is 0.349 e. The van der Waals surface area contributed by atoms with Crippen LogP contribution in [-0.4, -0.2) is 19.0 Å². The molecule has 0 radical (unpaired) electrons. The molecule has 2 N–H and O–H groups in total. The maximum absolute atomic E-state index is 12.1. The summed E-state index contributed by atoms with van der Waals surface area (Å²) < 4.78 is 0. The third-order valence-corrected chi connectivity index (χ3v) is 3.68. The summed E-state index contributed by atoms with van der Waals surface area (Å²) >= 11 is 0. The van der Waals surface area contributed by atoms with Crippen LogP contribution in [-0.2, 0) is 4.79 Å². The molecule has 1 aromatic rings. The van der Waals surface area contributed by atoms with Gasteiger partial charge in [-0.15, -0.1) is 12.4 Å². The van der Waals surface area contributed by atoms with Gasteiger partial charge in [-0.2, -0.15) is 0 Å². The van der Waals surface area contributed by atoms with Crippen molar-refractivity contribution in [2.75, 3.05) is 13.1 Å². The molecule has 1 fully saturated rings. The second-order valence-corrected chi connectivity index (χ2v) is 5.13. The first-order chi connectivity index (χ1) is 8.68. The standard InChI is InChI=1S/C15H22N2O.ClH/c1-11-6-3-4-8-14(11)12(2)17-15(18)13-7-5-9-16-10-13;/h3-4,6,8,12-13,16H,5,7,9-10H2,1-2H3,(H,17,18);1H. The molecular formula is C15H23ClN2O. The Morgan fingerprint density at radius 1 is 1.42 bits per heavy atom. The van der Waals surface area contributed by atoms with Crippen molar-refractivity contribution in [2.24, 2.45) is 5.92 Å². The molecule has 0 bridgehead atoms. The zero-order valence-corrected chi connectivity index (χ0v) is 12.4. The van der Waals surface area contributed by atoms with Gasteiger partial charge in [-0.25, -0.2) is 0 Å². The Hall–Kier alpha value is -1.06. The predicted octanol–water partition coefficient (Wildman–Crippen LogP) is 2.59. The molecule has 2 rings (SSSR count). The lowest BCUT2D eigenvalue weighted by Gasteiger charge is -2.24. The average Bonchev–Trinajstić information content (AvgIpc) is 2.40. The van der Waals surface area contributed by atoms with E-state index in [0.717, 1.165) is 25.9 Å². The number of hydrogen-bond acceptors (Lipinski definition) is 2. The van der Waals surface area contributed by atoms with Crippen molar-refractivity contribution >= 4 is 18.3 Å². The molecule has 1 saturated heterocycles. The summed E-state index contributed by atoms with van der Waals surface area (Å²) in [6, 6.07) is 8.30. The topological polar surface area (TPSA) is 41.1 Å². The van der Waals surface area contributed by atoms with E-state index >= 15 is 0 Å². The first-order valence-corrected chi connectivity index (χ1v) is 6.75. The second-order valence-electron chi connectivity index (χ2n) is 5.13. The number of piperidine rings is 1. The van der Waals surface area contributed by atoms with Crippen molar-refractivity contribution in [2.45, 2.75) is 32.7 Å². The first-order valence-electron chi connectivity index (χ1n) is 6.75. The minimum atomic E-state index is 0. The van der Waals surface area contributed by atoms with Gasteiger partial charge in [-0.1, -0.05) is 24.3 Å². The third kappa shape index (κ3) is 4.22. The van der Waals surface area contributed by atoms with Gasteiger partial charge in [0, 0.05) is 6.54 Å². The average molecular weight is 283 g/mol. The fraction of sp³-hybridized carbons (Fsp3) is 0.533. The Kier molecular flexibility index (Phi) is 6.32. The quantitative estimate of drug-likeness (QED) is 0.895. The molecular weight excluding hydrogens is 260 g/mol. The van der Waals surface area contributed by atoms with E-state index in [2.05, 4.69) is 36.6 Å². The molecule has 2 atom stereocenters. The van der Waals surface area contributed by atoms with Gasteiger partial charge >= 0.3 is 0 Å². The Balaban J connectivity index is 0.00000180. The van der Waals surface area contributed by atoms with Crippen LogP contribution in [0.15, 0.2) is 24.3 Å². The first kappa shape index (κ1) is 16.0. The molecule has 0 aliphatic carbocycles. The second kappa shape index (κ2) is 7.51. The molecule has 0 saturated carbocycles. The number of carbonyl (C=O) groups excluding carboxylic acids is 1. The summed E-state index contributed by atoms with van der Waals surface area (Å²) in [5.74, 6) is 0.308. The van der Waals surface area contributed by atoms with Crippen LogP contribution in [0.25, 0.3) is 0 Å². The highest BCUT2D eigenvalue weighted by Crippen LogP contribution is 2.18. The Bertz CT molecular complexity index is 416. The van der Waals surface area contributed by atoms with Crippen LogP contribution in [0.5, 0.6) is 0 Å². The maximum Gasteiger partial charge on any atom is 0.224 e. The fourth-order valence-corrected chi connectivity index (χ4v) is 2.56. The van der Waals surface area contributed by atoms with Crippen LogP contribution in [0, 0.1) is 12.8 Å². The zero-order chi connectivity index (χ0) is 13.0. The Morgan fingerprint density at radius 3 is 2.79 bits per heavy atom. The molecule has 0 spiro atoms. The Labute approximate surface area is 121 Å². The molecule has 1 aromatic carbocycles. The van der Waals surface area contributed by atoms with E-state index < -0.39 is 0 Å². The van der Waals surface area contributed by atoms with Crippen molar-refractivity contribution in [3.63, 3.8) is 0 Å². The highest BCUT2D eigenvalue weighted by Gasteiger charge is 2.22. The van der Waals surface area contributed by atoms with E-state index in [9.17, 15) is 4.79 Å². The van der Waals surface area contributed by atoms with E-state index in [1.54, 1.807) is 0 Å². The maximum atomic E-state index is 12.1. The van der Waals surface area contributed by atoms with Gasteiger partial charge in [0.1, 0.15) is 0 Å². The summed E-state index contributed by atoms with van der Waals surface area (Å²) in [5, 5.41) is 6.41. The smallest absolute Gasteiger partial charge is 0.224 e. The minimum absolute atomic E-state index is 0. The molecule has 1 heterocycles. The summed E-state index contributed by atoms with van der Waals surface area (Å²) in [6.45, 7) is 5.99. The number of halogens is 1. The lowest BCUT2D eigenvalue weighted by Crippen LogP contribution is -2.41. The van der Waals surface area contributed by atoms with Crippen molar-refractivity contribution in [1.29, 1.82) is 0 Å². The van der Waals surface area contributed by atoms with Crippen molar-refractivity contribution in [1.82, 2.24) is 10.6 Å². The summed E-state index contributed by atoms with van der Waals surface area (Å²) in [6.07, 6.45) is 2.09. The number of aryl methyl sites for hydroxylation is 1. The lowest BCUT2D eigenvalue weighted by atomic mass is 9.97.